The zero-order valence-electron chi connectivity index (χ0n) is 11.7. The van der Waals surface area contributed by atoms with Gasteiger partial charge in [0.25, 0.3) is 5.16 Å². The molecule has 4 rings (SSSR count). The van der Waals surface area contributed by atoms with Crippen LogP contribution < -0.4 is 0 Å². The molecule has 2 N–H and O–H groups in total. The first-order chi connectivity index (χ1) is 10.9. The lowest BCUT2D eigenvalue weighted by molar-refractivity contribution is 0.103. The second-order valence-electron chi connectivity index (χ2n) is 5.25. The van der Waals surface area contributed by atoms with E-state index in [4.69, 9.17) is 4.55 Å². The number of fused-ring (bicyclic) bond motifs is 4. The van der Waals surface area contributed by atoms with Gasteiger partial charge in [0.2, 0.25) is 0 Å². The van der Waals surface area contributed by atoms with E-state index in [2.05, 4.69) is 16.5 Å². The van der Waals surface area contributed by atoms with Gasteiger partial charge in [-0.05, 0) is 23.3 Å². The monoisotopic (exact) mass is 326 g/mol. The summed E-state index contributed by atoms with van der Waals surface area (Å²) in [7, 11) is -4.46. The molecule has 1 aromatic heterocycles. The second-order valence-corrected chi connectivity index (χ2v) is 6.59. The average molecular weight is 326 g/mol. The topological polar surface area (TPSA) is 100 Å². The number of H-pyrrole nitrogens is 1. The number of nitrogens with one attached hydrogen (secondary N) is 1. The van der Waals surface area contributed by atoms with Crippen molar-refractivity contribution in [3.8, 4) is 0 Å². The Morgan fingerprint density at radius 2 is 1.74 bits per heavy atom. The standard InChI is InChI=1S/C16H10N2O4S/c1-8-9-4-2-3-5-10(9)15(19)11-6-7-12-14(13(8)11)18-16(17-12)23(20,21)22/h2-7H,1H2,(H,17,18)(H,20,21,22). The van der Waals surface area contributed by atoms with E-state index >= 15 is 0 Å². The fraction of sp³-hybridized carbons (Fsp3) is 0. The van der Waals surface area contributed by atoms with Crippen molar-refractivity contribution in [3.05, 3.63) is 65.2 Å². The second kappa shape index (κ2) is 4.37. The Hall–Kier alpha value is -2.77. The van der Waals surface area contributed by atoms with E-state index in [1.165, 1.54) is 0 Å². The van der Waals surface area contributed by atoms with Crippen LogP contribution in [0.3, 0.4) is 0 Å². The number of carbonyl (C=O) groups is 1. The van der Waals surface area contributed by atoms with E-state index in [9.17, 15) is 13.2 Å². The molecule has 0 unspecified atom stereocenters. The molecule has 1 aliphatic carbocycles. The third-order valence-electron chi connectivity index (χ3n) is 3.92. The number of hydrogen-bond acceptors (Lipinski definition) is 4. The Balaban J connectivity index is 2.09. The molecule has 3 aromatic rings. The molecule has 0 saturated heterocycles. The quantitative estimate of drug-likeness (QED) is 0.523. The lowest BCUT2D eigenvalue weighted by atomic mass is 9.81. The van der Waals surface area contributed by atoms with E-state index in [-0.39, 0.29) is 5.78 Å². The van der Waals surface area contributed by atoms with E-state index in [1.807, 2.05) is 0 Å². The van der Waals surface area contributed by atoms with Crippen LogP contribution in [0.5, 0.6) is 0 Å². The summed E-state index contributed by atoms with van der Waals surface area (Å²) in [6.07, 6.45) is 0. The van der Waals surface area contributed by atoms with E-state index in [0.717, 1.165) is 0 Å². The SMILES string of the molecule is C=C1c2ccccc2C(=O)c2ccc3[nH]c(S(=O)(=O)O)nc3c21. The van der Waals surface area contributed by atoms with Gasteiger partial charge in [0, 0.05) is 16.7 Å². The molecule has 7 heteroatoms. The smallest absolute Gasteiger partial charge is 0.327 e. The maximum atomic E-state index is 12.7. The lowest BCUT2D eigenvalue weighted by Gasteiger charge is -2.20. The molecular formula is C16H10N2O4S. The van der Waals surface area contributed by atoms with Crippen molar-refractivity contribution in [2.24, 2.45) is 0 Å². The van der Waals surface area contributed by atoms with Gasteiger partial charge in [0.1, 0.15) is 0 Å². The van der Waals surface area contributed by atoms with E-state index in [0.29, 0.717) is 38.9 Å². The van der Waals surface area contributed by atoms with Gasteiger partial charge in [-0.2, -0.15) is 8.42 Å². The highest BCUT2D eigenvalue weighted by Gasteiger charge is 2.29. The summed E-state index contributed by atoms with van der Waals surface area (Å²) >= 11 is 0. The predicted molar refractivity (Wildman–Crippen MR) is 83.9 cm³/mol. The highest BCUT2D eigenvalue weighted by molar-refractivity contribution is 7.85. The third-order valence-corrected chi connectivity index (χ3v) is 4.60. The van der Waals surface area contributed by atoms with Gasteiger partial charge in [-0.3, -0.25) is 9.35 Å². The number of rotatable bonds is 1. The van der Waals surface area contributed by atoms with Crippen LogP contribution in [0.25, 0.3) is 16.6 Å². The van der Waals surface area contributed by atoms with E-state index in [1.54, 1.807) is 36.4 Å². The zero-order chi connectivity index (χ0) is 16.4. The molecule has 0 radical (unpaired) electrons. The lowest BCUT2D eigenvalue weighted by Crippen LogP contribution is -2.14. The Kier molecular flexibility index (Phi) is 2.64. The summed E-state index contributed by atoms with van der Waals surface area (Å²) in [5.74, 6) is -0.165. The van der Waals surface area contributed by atoms with Crippen molar-refractivity contribution in [2.75, 3.05) is 0 Å². The van der Waals surface area contributed by atoms with Crippen LogP contribution in [0.2, 0.25) is 0 Å². The van der Waals surface area contributed by atoms with Crippen molar-refractivity contribution in [1.82, 2.24) is 9.97 Å². The van der Waals surface area contributed by atoms with Gasteiger partial charge in [0.05, 0.1) is 11.0 Å². The Morgan fingerprint density at radius 3 is 2.43 bits per heavy atom. The maximum absolute atomic E-state index is 12.7. The van der Waals surface area contributed by atoms with E-state index < -0.39 is 15.3 Å². The molecule has 114 valence electrons. The molecule has 0 bridgehead atoms. The number of imidazole rings is 1. The van der Waals surface area contributed by atoms with Crippen molar-refractivity contribution in [2.45, 2.75) is 5.16 Å². The van der Waals surface area contributed by atoms with Crippen molar-refractivity contribution >= 4 is 32.5 Å². The summed E-state index contributed by atoms with van der Waals surface area (Å²) in [6, 6.07) is 10.3. The molecule has 0 amide bonds. The normalized spacial score (nSPS) is 14.0. The van der Waals surface area contributed by atoms with Crippen LogP contribution in [-0.2, 0) is 10.1 Å². The molecule has 23 heavy (non-hydrogen) atoms. The average Bonchev–Trinajstić information content (AvgIpc) is 2.96. The van der Waals surface area contributed by atoms with Crippen LogP contribution >= 0.6 is 0 Å². The molecule has 1 heterocycles. The number of aromatic amines is 1. The number of nitrogens with zero attached hydrogens (tertiary/aromatic N) is 1. The summed E-state index contributed by atoms with van der Waals surface area (Å²) in [4.78, 5) is 19.1. The molecular weight excluding hydrogens is 316 g/mol. The third kappa shape index (κ3) is 1.87. The number of ketones is 1. The summed E-state index contributed by atoms with van der Waals surface area (Å²) in [5, 5.41) is -0.556. The molecule has 0 aliphatic heterocycles. The van der Waals surface area contributed by atoms with Crippen molar-refractivity contribution in [3.63, 3.8) is 0 Å². The molecule has 0 saturated carbocycles. The van der Waals surface area contributed by atoms with Gasteiger partial charge in [-0.25, -0.2) is 4.98 Å². The van der Waals surface area contributed by atoms with Crippen LogP contribution in [-0.4, -0.2) is 28.7 Å². The molecule has 2 aromatic carbocycles. The highest BCUT2D eigenvalue weighted by Crippen LogP contribution is 2.38. The van der Waals surface area contributed by atoms with Crippen molar-refractivity contribution in [1.29, 1.82) is 0 Å². The van der Waals surface area contributed by atoms with Gasteiger partial charge < -0.3 is 4.98 Å². The summed E-state index contributed by atoms with van der Waals surface area (Å²) in [5.41, 5.74) is 3.43. The molecule has 6 nitrogen and oxygen atoms in total. The van der Waals surface area contributed by atoms with Gasteiger partial charge in [-0.15, -0.1) is 0 Å². The van der Waals surface area contributed by atoms with Crippen LogP contribution in [0.15, 0.2) is 48.1 Å². The number of benzene rings is 2. The van der Waals surface area contributed by atoms with Gasteiger partial charge in [0.15, 0.2) is 5.78 Å². The van der Waals surface area contributed by atoms with Crippen molar-refractivity contribution < 1.29 is 17.8 Å². The molecule has 0 spiro atoms. The van der Waals surface area contributed by atoms with Gasteiger partial charge >= 0.3 is 10.1 Å². The molecule has 0 atom stereocenters. The minimum Gasteiger partial charge on any atom is -0.327 e. The summed E-state index contributed by atoms with van der Waals surface area (Å²) < 4.78 is 31.7. The Labute approximate surface area is 131 Å². The minimum absolute atomic E-state index is 0.165. The molecule has 1 aliphatic rings. The van der Waals surface area contributed by atoms with Crippen LogP contribution in [0, 0.1) is 0 Å². The first kappa shape index (κ1) is 13.9. The number of hydrogen-bond donors (Lipinski definition) is 2. The van der Waals surface area contributed by atoms with Crippen LogP contribution in [0.4, 0.5) is 0 Å². The maximum Gasteiger partial charge on any atom is 0.328 e. The van der Waals surface area contributed by atoms with Gasteiger partial charge in [-0.1, -0.05) is 30.8 Å². The van der Waals surface area contributed by atoms with Crippen LogP contribution in [0.1, 0.15) is 27.0 Å². The minimum atomic E-state index is -4.46. The fourth-order valence-corrected chi connectivity index (χ4v) is 3.34. The first-order valence-corrected chi connectivity index (χ1v) is 8.15. The molecule has 0 fully saturated rings. The zero-order valence-corrected chi connectivity index (χ0v) is 12.5. The Bertz CT molecular complexity index is 1130. The summed E-state index contributed by atoms with van der Waals surface area (Å²) in [6.45, 7) is 4.03. The first-order valence-electron chi connectivity index (χ1n) is 6.71. The number of carbonyl (C=O) groups excluding carboxylic acids is 1. The number of aromatic nitrogens is 2. The Morgan fingerprint density at radius 1 is 1.04 bits per heavy atom. The fourth-order valence-electron chi connectivity index (χ4n) is 2.89. The highest BCUT2D eigenvalue weighted by atomic mass is 32.2. The largest absolute Gasteiger partial charge is 0.328 e. The predicted octanol–water partition coefficient (Wildman–Crippen LogP) is 2.42.